The van der Waals surface area contributed by atoms with Gasteiger partial charge in [0, 0.05) is 18.7 Å². The predicted molar refractivity (Wildman–Crippen MR) is 108 cm³/mol. The highest BCUT2D eigenvalue weighted by molar-refractivity contribution is 5.74. The first-order chi connectivity index (χ1) is 13.1. The third-order valence-electron chi connectivity index (χ3n) is 3.95. The fourth-order valence-electron chi connectivity index (χ4n) is 2.34. The van der Waals surface area contributed by atoms with Crippen LogP contribution in [-0.2, 0) is 6.54 Å². The lowest BCUT2D eigenvalue weighted by Gasteiger charge is -2.12. The molecular formula is C19H28N6O2. The molecule has 0 amide bonds. The lowest BCUT2D eigenvalue weighted by Crippen LogP contribution is -2.18. The van der Waals surface area contributed by atoms with E-state index >= 15 is 0 Å². The zero-order valence-electron chi connectivity index (χ0n) is 15.7. The van der Waals surface area contributed by atoms with Crippen LogP contribution in [-0.4, -0.2) is 36.0 Å². The van der Waals surface area contributed by atoms with Crippen molar-refractivity contribution in [1.29, 1.82) is 0 Å². The summed E-state index contributed by atoms with van der Waals surface area (Å²) in [6.07, 6.45) is 3.68. The Bertz CT molecular complexity index is 721. The molecule has 8 nitrogen and oxygen atoms in total. The van der Waals surface area contributed by atoms with Gasteiger partial charge in [0.25, 0.3) is 0 Å². The predicted octanol–water partition coefficient (Wildman–Crippen LogP) is 2.22. The van der Waals surface area contributed by atoms with Crippen LogP contribution in [0.4, 0.5) is 17.3 Å². The summed E-state index contributed by atoms with van der Waals surface area (Å²) in [5, 5.41) is 6.54. The van der Waals surface area contributed by atoms with Crippen LogP contribution in [0, 0.1) is 0 Å². The Hall–Kier alpha value is -2.87. The topological polar surface area (TPSA) is 128 Å². The molecule has 0 atom stereocenters. The van der Waals surface area contributed by atoms with Gasteiger partial charge in [-0.1, -0.05) is 37.6 Å². The fourth-order valence-corrected chi connectivity index (χ4v) is 2.34. The number of hydrogen-bond acceptors (Lipinski definition) is 8. The molecule has 1 aromatic heterocycles. The summed E-state index contributed by atoms with van der Waals surface area (Å²) in [4.78, 5) is 19.0. The van der Waals surface area contributed by atoms with Crippen molar-refractivity contribution in [1.82, 2.24) is 15.3 Å². The van der Waals surface area contributed by atoms with Gasteiger partial charge in [0.1, 0.15) is 12.0 Å². The number of nitrogens with one attached hydrogen (secondary N) is 2. The Morgan fingerprint density at radius 2 is 1.89 bits per heavy atom. The maximum Gasteiger partial charge on any atom is 0.320 e. The van der Waals surface area contributed by atoms with Crippen LogP contribution >= 0.6 is 0 Å². The largest absolute Gasteiger partial charge is 0.463 e. The number of benzene rings is 1. The number of aromatic nitrogens is 2. The molecule has 0 saturated heterocycles. The molecule has 6 N–H and O–H groups in total. The molecule has 0 saturated carbocycles. The summed E-state index contributed by atoms with van der Waals surface area (Å²) >= 11 is 0. The molecule has 1 heterocycles. The van der Waals surface area contributed by atoms with Crippen molar-refractivity contribution in [2.24, 2.45) is 0 Å². The molecule has 0 radical (unpaired) electrons. The first-order valence-corrected chi connectivity index (χ1v) is 9.18. The molecule has 0 aliphatic heterocycles. The van der Waals surface area contributed by atoms with Crippen LogP contribution in [0.15, 0.2) is 24.3 Å². The van der Waals surface area contributed by atoms with E-state index in [0.717, 1.165) is 44.2 Å². The molecule has 0 aliphatic rings. The van der Waals surface area contributed by atoms with E-state index in [-0.39, 0.29) is 11.8 Å². The van der Waals surface area contributed by atoms with Crippen molar-refractivity contribution in [3.05, 3.63) is 35.4 Å². The van der Waals surface area contributed by atoms with E-state index in [9.17, 15) is 4.79 Å². The number of nitrogens with zero attached hydrogens (tertiary/aromatic N) is 2. The molecule has 8 heteroatoms. The van der Waals surface area contributed by atoms with E-state index in [0.29, 0.717) is 30.2 Å². The number of ether oxygens (including phenoxy) is 1. The third-order valence-corrected chi connectivity index (χ3v) is 3.95. The van der Waals surface area contributed by atoms with E-state index in [4.69, 9.17) is 16.2 Å². The van der Waals surface area contributed by atoms with Crippen LogP contribution in [0.25, 0.3) is 0 Å². The molecule has 0 spiro atoms. The zero-order chi connectivity index (χ0) is 19.5. The highest BCUT2D eigenvalue weighted by Crippen LogP contribution is 2.24. The number of carbonyl (C=O) groups is 1. The summed E-state index contributed by atoms with van der Waals surface area (Å²) in [5.41, 5.74) is 13.9. The van der Waals surface area contributed by atoms with E-state index in [2.05, 4.69) is 27.5 Å². The second-order valence-electron chi connectivity index (χ2n) is 6.17. The van der Waals surface area contributed by atoms with Crippen LogP contribution in [0.1, 0.15) is 42.1 Å². The maximum atomic E-state index is 10.6. The molecule has 0 unspecified atom stereocenters. The lowest BCUT2D eigenvalue weighted by atomic mass is 10.1. The van der Waals surface area contributed by atoms with Crippen LogP contribution in [0.2, 0.25) is 0 Å². The Morgan fingerprint density at radius 1 is 1.11 bits per heavy atom. The van der Waals surface area contributed by atoms with Gasteiger partial charge in [0.05, 0.1) is 6.61 Å². The number of carbonyl (C=O) groups excluding carboxylic acids is 1. The average molecular weight is 372 g/mol. The number of unbranched alkanes of at least 4 members (excludes halogenated alkanes) is 1. The molecular weight excluding hydrogens is 344 g/mol. The van der Waals surface area contributed by atoms with Gasteiger partial charge in [-0.2, -0.15) is 9.97 Å². The number of nitrogens with two attached hydrogens (primary N) is 2. The van der Waals surface area contributed by atoms with Gasteiger partial charge in [-0.25, -0.2) is 0 Å². The summed E-state index contributed by atoms with van der Waals surface area (Å²) in [6.45, 7) is 4.89. The molecule has 1 aromatic carbocycles. The quantitative estimate of drug-likeness (QED) is 0.330. The summed E-state index contributed by atoms with van der Waals surface area (Å²) in [7, 11) is 0. The van der Waals surface area contributed by atoms with Gasteiger partial charge in [-0.15, -0.1) is 0 Å². The standard InChI is InChI=1S/C19H28N6O2/c1-2-3-11-27-19-24-17(21)16(20)18(25-19)23-10-4-9-22-12-14-5-7-15(13-26)8-6-14/h5-8,13,22H,2-4,9-12,20H2,1H3,(H3,21,23,24,25). The van der Waals surface area contributed by atoms with Crippen LogP contribution in [0.3, 0.4) is 0 Å². The smallest absolute Gasteiger partial charge is 0.320 e. The van der Waals surface area contributed by atoms with Crippen LogP contribution in [0.5, 0.6) is 6.01 Å². The van der Waals surface area contributed by atoms with Crippen molar-refractivity contribution in [2.75, 3.05) is 36.5 Å². The van der Waals surface area contributed by atoms with E-state index in [1.165, 1.54) is 0 Å². The Kier molecular flexibility index (Phi) is 8.31. The SMILES string of the molecule is CCCCOc1nc(N)c(N)c(NCCCNCc2ccc(C=O)cc2)n1. The summed E-state index contributed by atoms with van der Waals surface area (Å²) < 4.78 is 5.50. The molecule has 2 aromatic rings. The molecule has 0 aliphatic carbocycles. The summed E-state index contributed by atoms with van der Waals surface area (Å²) in [6, 6.07) is 7.76. The Morgan fingerprint density at radius 3 is 2.59 bits per heavy atom. The first-order valence-electron chi connectivity index (χ1n) is 9.18. The van der Waals surface area contributed by atoms with E-state index in [1.807, 2.05) is 24.3 Å². The molecule has 27 heavy (non-hydrogen) atoms. The number of nitrogen functional groups attached to an aromatic ring is 2. The van der Waals surface area contributed by atoms with Crippen molar-refractivity contribution in [2.45, 2.75) is 32.7 Å². The van der Waals surface area contributed by atoms with Crippen molar-refractivity contribution in [3.8, 4) is 6.01 Å². The zero-order valence-corrected chi connectivity index (χ0v) is 15.7. The summed E-state index contributed by atoms with van der Waals surface area (Å²) in [5.74, 6) is 0.717. The lowest BCUT2D eigenvalue weighted by molar-refractivity contribution is 0.112. The number of anilines is 3. The average Bonchev–Trinajstić information content (AvgIpc) is 2.68. The first kappa shape index (κ1) is 20.4. The third kappa shape index (κ3) is 6.74. The molecule has 0 bridgehead atoms. The van der Waals surface area contributed by atoms with Crippen molar-refractivity contribution < 1.29 is 9.53 Å². The van der Waals surface area contributed by atoms with Gasteiger partial charge in [-0.05, 0) is 24.9 Å². The van der Waals surface area contributed by atoms with E-state index in [1.54, 1.807) is 0 Å². The minimum Gasteiger partial charge on any atom is -0.463 e. The number of aldehydes is 1. The molecule has 0 fully saturated rings. The second kappa shape index (κ2) is 11.0. The van der Waals surface area contributed by atoms with Crippen molar-refractivity contribution >= 4 is 23.6 Å². The normalized spacial score (nSPS) is 10.6. The fraction of sp³-hybridized carbons (Fsp3) is 0.421. The Balaban J connectivity index is 1.73. The second-order valence-corrected chi connectivity index (χ2v) is 6.17. The van der Waals surface area contributed by atoms with Crippen molar-refractivity contribution in [3.63, 3.8) is 0 Å². The maximum absolute atomic E-state index is 10.6. The minimum absolute atomic E-state index is 0.218. The molecule has 2 rings (SSSR count). The van der Waals surface area contributed by atoms with Gasteiger partial charge in [0.15, 0.2) is 11.6 Å². The molecule has 146 valence electrons. The van der Waals surface area contributed by atoms with Gasteiger partial charge >= 0.3 is 6.01 Å². The number of rotatable bonds is 12. The van der Waals surface area contributed by atoms with Crippen LogP contribution < -0.4 is 26.8 Å². The minimum atomic E-state index is 0.218. The highest BCUT2D eigenvalue weighted by atomic mass is 16.5. The van der Waals surface area contributed by atoms with Gasteiger partial charge < -0.3 is 26.8 Å². The highest BCUT2D eigenvalue weighted by Gasteiger charge is 2.10. The monoisotopic (exact) mass is 372 g/mol. The Labute approximate surface area is 159 Å². The van der Waals surface area contributed by atoms with Gasteiger partial charge in [-0.3, -0.25) is 4.79 Å². The number of hydrogen-bond donors (Lipinski definition) is 4. The van der Waals surface area contributed by atoms with E-state index < -0.39 is 0 Å². The van der Waals surface area contributed by atoms with Gasteiger partial charge in [0.2, 0.25) is 0 Å².